The summed E-state index contributed by atoms with van der Waals surface area (Å²) in [5.74, 6) is -0.769. The quantitative estimate of drug-likeness (QED) is 0.581. The second-order valence-corrected chi connectivity index (χ2v) is 6.77. The Hall–Kier alpha value is -1.18. The van der Waals surface area contributed by atoms with E-state index in [1.165, 1.54) is 12.1 Å². The maximum Gasteiger partial charge on any atom is 0.243 e. The molecule has 1 aliphatic rings. The van der Waals surface area contributed by atoms with Crippen LogP contribution in [-0.4, -0.2) is 25.7 Å². The number of rotatable bonds is 3. The van der Waals surface area contributed by atoms with Crippen molar-refractivity contribution in [2.24, 2.45) is 0 Å². The number of benzene rings is 1. The lowest BCUT2D eigenvalue weighted by atomic mass is 10.1. The third-order valence-electron chi connectivity index (χ3n) is 3.59. The Labute approximate surface area is 118 Å². The monoisotopic (exact) mass is 302 g/mol. The molecule has 1 aliphatic carbocycles. The number of aliphatic hydroxyl groups is 1. The predicted molar refractivity (Wildman–Crippen MR) is 74.0 cm³/mol. The number of hydrogen-bond donors (Lipinski definition) is 3. The van der Waals surface area contributed by atoms with Crippen molar-refractivity contribution in [2.75, 3.05) is 5.73 Å². The Bertz CT molecular complexity index is 577. The van der Waals surface area contributed by atoms with E-state index >= 15 is 0 Å². The van der Waals surface area contributed by atoms with E-state index in [4.69, 9.17) is 5.73 Å². The van der Waals surface area contributed by atoms with Crippen LogP contribution in [0.4, 0.5) is 10.1 Å². The molecule has 2 atom stereocenters. The Kier molecular flexibility index (Phi) is 4.62. The molecule has 1 aromatic rings. The Morgan fingerprint density at radius 2 is 1.95 bits per heavy atom. The summed E-state index contributed by atoms with van der Waals surface area (Å²) < 4.78 is 40.3. The van der Waals surface area contributed by atoms with Crippen LogP contribution in [0.2, 0.25) is 0 Å². The van der Waals surface area contributed by atoms with E-state index in [0.29, 0.717) is 12.8 Å². The first kappa shape index (κ1) is 15.2. The number of nitrogens with one attached hydrogen (secondary N) is 1. The highest BCUT2D eigenvalue weighted by atomic mass is 32.2. The number of sulfonamides is 1. The first-order valence-corrected chi connectivity index (χ1v) is 8.14. The van der Waals surface area contributed by atoms with Crippen LogP contribution < -0.4 is 10.5 Å². The third-order valence-corrected chi connectivity index (χ3v) is 5.14. The first-order valence-electron chi connectivity index (χ1n) is 6.66. The van der Waals surface area contributed by atoms with Crippen LogP contribution in [0.3, 0.4) is 0 Å². The molecule has 0 heterocycles. The van der Waals surface area contributed by atoms with Crippen molar-refractivity contribution in [2.45, 2.75) is 49.1 Å². The SMILES string of the molecule is Nc1c(F)cccc1S(=O)(=O)NC1CCCCCC1O. The van der Waals surface area contributed by atoms with Crippen LogP contribution in [0.15, 0.2) is 23.1 Å². The average Bonchev–Trinajstić information content (AvgIpc) is 2.58. The molecule has 7 heteroatoms. The van der Waals surface area contributed by atoms with Crippen molar-refractivity contribution in [3.05, 3.63) is 24.0 Å². The number of para-hydroxylation sites is 1. The van der Waals surface area contributed by atoms with E-state index < -0.39 is 33.7 Å². The minimum atomic E-state index is -3.94. The van der Waals surface area contributed by atoms with Crippen LogP contribution in [0.25, 0.3) is 0 Å². The molecular weight excluding hydrogens is 283 g/mol. The van der Waals surface area contributed by atoms with Gasteiger partial charge in [0.15, 0.2) is 0 Å². The van der Waals surface area contributed by atoms with Crippen molar-refractivity contribution >= 4 is 15.7 Å². The topological polar surface area (TPSA) is 92.4 Å². The zero-order valence-corrected chi connectivity index (χ0v) is 11.9. The molecule has 4 N–H and O–H groups in total. The highest BCUT2D eigenvalue weighted by Gasteiger charge is 2.28. The first-order chi connectivity index (χ1) is 9.42. The molecule has 0 spiro atoms. The molecule has 1 aromatic carbocycles. The van der Waals surface area contributed by atoms with Crippen LogP contribution in [-0.2, 0) is 10.0 Å². The average molecular weight is 302 g/mol. The summed E-state index contributed by atoms with van der Waals surface area (Å²) in [6.45, 7) is 0. The zero-order chi connectivity index (χ0) is 14.8. The van der Waals surface area contributed by atoms with Gasteiger partial charge in [0.05, 0.1) is 11.8 Å². The molecule has 0 radical (unpaired) electrons. The maximum atomic E-state index is 13.4. The fourth-order valence-corrected chi connectivity index (χ4v) is 3.89. The van der Waals surface area contributed by atoms with E-state index in [-0.39, 0.29) is 4.90 Å². The van der Waals surface area contributed by atoms with Gasteiger partial charge in [-0.05, 0) is 25.0 Å². The van der Waals surface area contributed by atoms with Gasteiger partial charge < -0.3 is 10.8 Å². The molecule has 1 fully saturated rings. The van der Waals surface area contributed by atoms with E-state index in [9.17, 15) is 17.9 Å². The molecule has 0 aromatic heterocycles. The van der Waals surface area contributed by atoms with Gasteiger partial charge >= 0.3 is 0 Å². The smallest absolute Gasteiger partial charge is 0.243 e. The minimum absolute atomic E-state index is 0.283. The lowest BCUT2D eigenvalue weighted by Gasteiger charge is -2.22. The van der Waals surface area contributed by atoms with Crippen molar-refractivity contribution in [1.29, 1.82) is 0 Å². The van der Waals surface area contributed by atoms with Crippen molar-refractivity contribution in [1.82, 2.24) is 4.72 Å². The molecule has 5 nitrogen and oxygen atoms in total. The summed E-state index contributed by atoms with van der Waals surface area (Å²) >= 11 is 0. The maximum absolute atomic E-state index is 13.4. The molecule has 1 saturated carbocycles. The van der Waals surface area contributed by atoms with E-state index in [1.54, 1.807) is 0 Å². The van der Waals surface area contributed by atoms with Gasteiger partial charge in [-0.2, -0.15) is 0 Å². The standard InChI is InChI=1S/C13H19FN2O3S/c14-9-5-4-8-12(13(9)15)20(18,19)16-10-6-2-1-3-7-11(10)17/h4-5,8,10-11,16-17H,1-3,6-7,15H2. The molecular formula is C13H19FN2O3S. The summed E-state index contributed by atoms with van der Waals surface area (Å²) in [6, 6.07) is 3.10. The fraction of sp³-hybridized carbons (Fsp3) is 0.538. The molecule has 0 aliphatic heterocycles. The summed E-state index contributed by atoms with van der Waals surface area (Å²) in [5, 5.41) is 9.95. The van der Waals surface area contributed by atoms with Gasteiger partial charge in [0.2, 0.25) is 10.0 Å². The largest absolute Gasteiger partial charge is 0.395 e. The van der Waals surface area contributed by atoms with Gasteiger partial charge in [-0.15, -0.1) is 0 Å². The fourth-order valence-electron chi connectivity index (χ4n) is 2.44. The molecule has 112 valence electrons. The molecule has 2 rings (SSSR count). The number of nitrogens with two attached hydrogens (primary N) is 1. The summed E-state index contributed by atoms with van der Waals surface area (Å²) in [6.07, 6.45) is 3.10. The Balaban J connectivity index is 2.24. The second-order valence-electron chi connectivity index (χ2n) is 5.08. The minimum Gasteiger partial charge on any atom is -0.395 e. The van der Waals surface area contributed by atoms with Crippen LogP contribution in [0, 0.1) is 5.82 Å². The molecule has 20 heavy (non-hydrogen) atoms. The number of anilines is 1. The third kappa shape index (κ3) is 3.28. The number of halogens is 1. The molecule has 0 amide bonds. The summed E-state index contributed by atoms with van der Waals surface area (Å²) in [7, 11) is -3.94. The van der Waals surface area contributed by atoms with Crippen molar-refractivity contribution < 1.29 is 17.9 Å². The van der Waals surface area contributed by atoms with Crippen molar-refractivity contribution in [3.8, 4) is 0 Å². The molecule has 2 unspecified atom stereocenters. The number of nitrogen functional groups attached to an aromatic ring is 1. The van der Waals surface area contributed by atoms with Crippen LogP contribution in [0.5, 0.6) is 0 Å². The van der Waals surface area contributed by atoms with Gasteiger partial charge in [0.1, 0.15) is 10.7 Å². The number of aliphatic hydroxyl groups excluding tert-OH is 1. The van der Waals surface area contributed by atoms with E-state index in [1.807, 2.05) is 0 Å². The van der Waals surface area contributed by atoms with Crippen LogP contribution >= 0.6 is 0 Å². The Morgan fingerprint density at radius 3 is 2.70 bits per heavy atom. The van der Waals surface area contributed by atoms with Gasteiger partial charge in [0.25, 0.3) is 0 Å². The molecule has 0 bridgehead atoms. The normalized spacial score (nSPS) is 24.3. The molecule has 0 saturated heterocycles. The lowest BCUT2D eigenvalue weighted by Crippen LogP contribution is -2.42. The summed E-state index contributed by atoms with van der Waals surface area (Å²) in [4.78, 5) is -0.283. The van der Waals surface area contributed by atoms with E-state index in [2.05, 4.69) is 4.72 Å². The Morgan fingerprint density at radius 1 is 1.25 bits per heavy atom. The van der Waals surface area contributed by atoms with E-state index in [0.717, 1.165) is 25.3 Å². The van der Waals surface area contributed by atoms with Gasteiger partial charge in [-0.25, -0.2) is 17.5 Å². The van der Waals surface area contributed by atoms with Gasteiger partial charge in [-0.1, -0.05) is 25.3 Å². The predicted octanol–water partition coefficient (Wildman–Crippen LogP) is 1.38. The highest BCUT2D eigenvalue weighted by molar-refractivity contribution is 7.89. The summed E-state index contributed by atoms with van der Waals surface area (Å²) in [5.41, 5.74) is 5.08. The number of hydrogen-bond acceptors (Lipinski definition) is 4. The zero-order valence-electron chi connectivity index (χ0n) is 11.0. The lowest BCUT2D eigenvalue weighted by molar-refractivity contribution is 0.130. The van der Waals surface area contributed by atoms with Gasteiger partial charge in [-0.3, -0.25) is 0 Å². The van der Waals surface area contributed by atoms with Gasteiger partial charge in [0, 0.05) is 6.04 Å². The second kappa shape index (κ2) is 6.07. The van der Waals surface area contributed by atoms with Crippen LogP contribution in [0.1, 0.15) is 32.1 Å². The highest BCUT2D eigenvalue weighted by Crippen LogP contribution is 2.24. The van der Waals surface area contributed by atoms with Crippen molar-refractivity contribution in [3.63, 3.8) is 0 Å².